The van der Waals surface area contributed by atoms with Gasteiger partial charge < -0.3 is 0 Å². The molecule has 0 saturated heterocycles. The molecule has 0 amide bonds. The maximum atomic E-state index is 2.53. The lowest BCUT2D eigenvalue weighted by Crippen LogP contribution is -2.30. The molecule has 0 bridgehead atoms. The molecule has 0 spiro atoms. The van der Waals surface area contributed by atoms with E-state index in [-0.39, 0.29) is 0 Å². The first-order valence-corrected chi connectivity index (χ1v) is 10.2. The highest BCUT2D eigenvalue weighted by atomic mass is 14.6. The molecule has 4 aliphatic carbocycles. The summed E-state index contributed by atoms with van der Waals surface area (Å²) in [5.74, 6) is 8.88. The molecule has 6 unspecified atom stereocenters. The fourth-order valence-electron chi connectivity index (χ4n) is 7.37. The second-order valence-corrected chi connectivity index (χ2v) is 9.47. The third-order valence-electron chi connectivity index (χ3n) is 8.17. The van der Waals surface area contributed by atoms with Crippen LogP contribution in [-0.4, -0.2) is 0 Å². The van der Waals surface area contributed by atoms with E-state index >= 15 is 0 Å². The van der Waals surface area contributed by atoms with Crippen LogP contribution < -0.4 is 0 Å². The zero-order valence-electron chi connectivity index (χ0n) is 14.4. The van der Waals surface area contributed by atoms with Crippen molar-refractivity contribution in [2.24, 2.45) is 47.3 Å². The van der Waals surface area contributed by atoms with Crippen LogP contribution in [0.15, 0.2) is 0 Å². The molecule has 0 heteroatoms. The van der Waals surface area contributed by atoms with E-state index in [2.05, 4.69) is 13.8 Å². The Balaban J connectivity index is 1.59. The fraction of sp³-hybridized carbons (Fsp3) is 1.00. The minimum atomic E-state index is 1.02. The summed E-state index contributed by atoms with van der Waals surface area (Å²) in [6, 6.07) is 0. The van der Waals surface area contributed by atoms with Crippen LogP contribution in [0.3, 0.4) is 0 Å². The van der Waals surface area contributed by atoms with E-state index < -0.39 is 0 Å². The van der Waals surface area contributed by atoms with Crippen LogP contribution in [0.2, 0.25) is 0 Å². The first-order valence-electron chi connectivity index (χ1n) is 10.2. The van der Waals surface area contributed by atoms with Crippen molar-refractivity contribution in [1.82, 2.24) is 0 Å². The average molecular weight is 289 g/mol. The van der Waals surface area contributed by atoms with Gasteiger partial charge in [-0.2, -0.15) is 0 Å². The molecule has 21 heavy (non-hydrogen) atoms. The van der Waals surface area contributed by atoms with Gasteiger partial charge >= 0.3 is 0 Å². The van der Waals surface area contributed by atoms with Crippen molar-refractivity contribution in [3.05, 3.63) is 0 Å². The van der Waals surface area contributed by atoms with E-state index in [4.69, 9.17) is 0 Å². The molecule has 0 aromatic carbocycles. The summed E-state index contributed by atoms with van der Waals surface area (Å²) >= 11 is 0. The van der Waals surface area contributed by atoms with Crippen molar-refractivity contribution in [2.45, 2.75) is 84.5 Å². The summed E-state index contributed by atoms with van der Waals surface area (Å²) < 4.78 is 0. The Morgan fingerprint density at radius 1 is 0.524 bits per heavy atom. The van der Waals surface area contributed by atoms with Crippen molar-refractivity contribution in [3.63, 3.8) is 0 Å². The third-order valence-corrected chi connectivity index (χ3v) is 8.17. The van der Waals surface area contributed by atoms with Gasteiger partial charge in [-0.3, -0.25) is 0 Å². The standard InChI is InChI=1S/C21H36/c1-14-8-10-17-19(12-14)20-13-15(2)9-11-18(20)21(17)16-6-4-3-5-7-16/h14-21H,3-13H2,1-2H3. The fourth-order valence-corrected chi connectivity index (χ4v) is 7.37. The lowest BCUT2D eigenvalue weighted by molar-refractivity contribution is 0.107. The van der Waals surface area contributed by atoms with E-state index in [0.29, 0.717) is 0 Å². The third kappa shape index (κ3) is 2.59. The van der Waals surface area contributed by atoms with Gasteiger partial charge in [0.1, 0.15) is 0 Å². The first kappa shape index (κ1) is 14.6. The van der Waals surface area contributed by atoms with Crippen LogP contribution in [0.5, 0.6) is 0 Å². The van der Waals surface area contributed by atoms with Crippen LogP contribution in [0.4, 0.5) is 0 Å². The van der Waals surface area contributed by atoms with E-state index in [0.717, 1.165) is 47.3 Å². The van der Waals surface area contributed by atoms with E-state index in [9.17, 15) is 0 Å². The molecule has 6 atom stereocenters. The normalized spacial score (nSPS) is 51.4. The van der Waals surface area contributed by atoms with Gasteiger partial charge in [0.25, 0.3) is 0 Å². The molecule has 0 nitrogen and oxygen atoms in total. The summed E-state index contributed by atoms with van der Waals surface area (Å²) in [5, 5.41) is 0. The highest BCUT2D eigenvalue weighted by Gasteiger charge is 2.54. The molecule has 4 aliphatic rings. The minimum absolute atomic E-state index is 1.02. The monoisotopic (exact) mass is 288 g/mol. The quantitative estimate of drug-likeness (QED) is 0.531. The van der Waals surface area contributed by atoms with Gasteiger partial charge in [0, 0.05) is 0 Å². The predicted molar refractivity (Wildman–Crippen MR) is 90.1 cm³/mol. The molecular weight excluding hydrogens is 252 g/mol. The van der Waals surface area contributed by atoms with Gasteiger partial charge in [0.15, 0.2) is 0 Å². The molecule has 0 aromatic rings. The van der Waals surface area contributed by atoms with Crippen molar-refractivity contribution in [2.75, 3.05) is 0 Å². The number of hydrogen-bond donors (Lipinski definition) is 0. The molecule has 0 radical (unpaired) electrons. The zero-order valence-corrected chi connectivity index (χ0v) is 14.4. The van der Waals surface area contributed by atoms with Crippen LogP contribution in [0, 0.1) is 47.3 Å². The Kier molecular flexibility index (Phi) is 4.09. The molecule has 0 aromatic heterocycles. The van der Waals surface area contributed by atoms with Crippen molar-refractivity contribution >= 4 is 0 Å². The highest BCUT2D eigenvalue weighted by Crippen LogP contribution is 2.62. The minimum Gasteiger partial charge on any atom is -0.0625 e. The second-order valence-electron chi connectivity index (χ2n) is 9.47. The molecule has 4 rings (SSSR count). The highest BCUT2D eigenvalue weighted by molar-refractivity contribution is 5.03. The Morgan fingerprint density at radius 3 is 1.57 bits per heavy atom. The number of hydrogen-bond acceptors (Lipinski definition) is 0. The Hall–Kier alpha value is 0. The topological polar surface area (TPSA) is 0 Å². The molecule has 0 N–H and O–H groups in total. The lowest BCUT2D eigenvalue weighted by Gasteiger charge is -2.39. The smallest absolute Gasteiger partial charge is 0.0323 e. The van der Waals surface area contributed by atoms with Crippen LogP contribution in [-0.2, 0) is 0 Å². The van der Waals surface area contributed by atoms with E-state index in [1.165, 1.54) is 6.42 Å². The Labute approximate surface area is 132 Å². The molecular formula is C21H36. The van der Waals surface area contributed by atoms with Crippen LogP contribution in [0.25, 0.3) is 0 Å². The average Bonchev–Trinajstić information content (AvgIpc) is 2.81. The summed E-state index contributed by atoms with van der Waals surface area (Å²) in [6.07, 6.45) is 17.2. The molecule has 120 valence electrons. The summed E-state index contributed by atoms with van der Waals surface area (Å²) in [6.45, 7) is 5.07. The van der Waals surface area contributed by atoms with Crippen molar-refractivity contribution in [3.8, 4) is 0 Å². The molecule has 0 aliphatic heterocycles. The van der Waals surface area contributed by atoms with Crippen LogP contribution >= 0.6 is 0 Å². The summed E-state index contributed by atoms with van der Waals surface area (Å²) in [7, 11) is 0. The Morgan fingerprint density at radius 2 is 1.05 bits per heavy atom. The van der Waals surface area contributed by atoms with Gasteiger partial charge in [-0.05, 0) is 73.0 Å². The molecule has 0 heterocycles. The summed E-state index contributed by atoms with van der Waals surface area (Å²) in [5.41, 5.74) is 0. The molecule has 4 saturated carbocycles. The number of rotatable bonds is 1. The summed E-state index contributed by atoms with van der Waals surface area (Å²) in [4.78, 5) is 0. The predicted octanol–water partition coefficient (Wildman–Crippen LogP) is 6.30. The first-order chi connectivity index (χ1) is 10.2. The van der Waals surface area contributed by atoms with E-state index in [1.54, 1.807) is 64.2 Å². The maximum Gasteiger partial charge on any atom is -0.0323 e. The van der Waals surface area contributed by atoms with Gasteiger partial charge in [-0.1, -0.05) is 58.8 Å². The Bertz CT molecular complexity index is 327. The number of fused-ring (bicyclic) bond motifs is 3. The maximum absolute atomic E-state index is 2.53. The second kappa shape index (κ2) is 5.89. The van der Waals surface area contributed by atoms with Gasteiger partial charge in [-0.15, -0.1) is 0 Å². The largest absolute Gasteiger partial charge is 0.0625 e. The molecule has 4 fully saturated rings. The SMILES string of the molecule is CC1CCC2C(C1)C1CC(C)CCC1C2C1CCCCC1. The van der Waals surface area contributed by atoms with Crippen molar-refractivity contribution < 1.29 is 0 Å². The lowest BCUT2D eigenvalue weighted by atomic mass is 9.66. The van der Waals surface area contributed by atoms with Crippen molar-refractivity contribution in [1.29, 1.82) is 0 Å². The zero-order chi connectivity index (χ0) is 14.4. The van der Waals surface area contributed by atoms with Crippen LogP contribution in [0.1, 0.15) is 84.5 Å². The van der Waals surface area contributed by atoms with Gasteiger partial charge in [0.2, 0.25) is 0 Å². The van der Waals surface area contributed by atoms with Gasteiger partial charge in [0.05, 0.1) is 0 Å². The van der Waals surface area contributed by atoms with Gasteiger partial charge in [-0.25, -0.2) is 0 Å². The van der Waals surface area contributed by atoms with E-state index in [1.807, 2.05) is 0 Å².